The number of nitrogens with two attached hydrogens (primary N) is 1. The Morgan fingerprint density at radius 3 is 2.70 bits per heavy atom. The van der Waals surface area contributed by atoms with Gasteiger partial charge in [0, 0.05) is 11.7 Å². The molecular weight excluding hydrogens is 257 g/mol. The first-order valence-corrected chi connectivity index (χ1v) is 6.98. The lowest BCUT2D eigenvalue weighted by Gasteiger charge is -2.30. The van der Waals surface area contributed by atoms with Crippen molar-refractivity contribution in [1.82, 2.24) is 4.90 Å². The van der Waals surface area contributed by atoms with Crippen molar-refractivity contribution in [2.75, 3.05) is 18.1 Å². The zero-order valence-electron chi connectivity index (χ0n) is 12.2. The molecule has 1 fully saturated rings. The Kier molecular flexibility index (Phi) is 4.28. The minimum absolute atomic E-state index is 0.134. The maximum atomic E-state index is 13.6. The van der Waals surface area contributed by atoms with Crippen LogP contribution in [0.15, 0.2) is 18.2 Å². The van der Waals surface area contributed by atoms with Crippen LogP contribution in [0.2, 0.25) is 0 Å². The van der Waals surface area contributed by atoms with Gasteiger partial charge in [-0.1, -0.05) is 0 Å². The van der Waals surface area contributed by atoms with Gasteiger partial charge in [0.1, 0.15) is 5.82 Å². The summed E-state index contributed by atoms with van der Waals surface area (Å²) in [5, 5.41) is 2.61. The number of hydrogen-bond acceptors (Lipinski definition) is 3. The Morgan fingerprint density at radius 2 is 2.10 bits per heavy atom. The fraction of sp³-hybridized carbons (Fsp3) is 0.533. The molecule has 0 spiro atoms. The van der Waals surface area contributed by atoms with E-state index in [1.807, 2.05) is 18.9 Å². The molecule has 1 aliphatic carbocycles. The molecule has 4 nitrogen and oxygen atoms in total. The Balaban J connectivity index is 2.01. The van der Waals surface area contributed by atoms with E-state index >= 15 is 0 Å². The van der Waals surface area contributed by atoms with E-state index < -0.39 is 5.82 Å². The van der Waals surface area contributed by atoms with Crippen LogP contribution in [-0.4, -0.2) is 29.9 Å². The second-order valence-corrected chi connectivity index (χ2v) is 5.65. The van der Waals surface area contributed by atoms with Crippen molar-refractivity contribution >= 4 is 17.3 Å². The average Bonchev–Trinajstić information content (AvgIpc) is 3.24. The van der Waals surface area contributed by atoms with E-state index in [2.05, 4.69) is 12.2 Å². The number of nitrogens with zero attached hydrogens (tertiary/aromatic N) is 1. The van der Waals surface area contributed by atoms with Crippen LogP contribution in [0.1, 0.15) is 26.7 Å². The fourth-order valence-electron chi connectivity index (χ4n) is 2.32. The van der Waals surface area contributed by atoms with Crippen molar-refractivity contribution in [3.8, 4) is 0 Å². The summed E-state index contributed by atoms with van der Waals surface area (Å²) in [5.41, 5.74) is 6.17. The smallest absolute Gasteiger partial charge is 0.241 e. The molecule has 110 valence electrons. The van der Waals surface area contributed by atoms with Gasteiger partial charge in [-0.25, -0.2) is 4.39 Å². The number of nitrogens with one attached hydrogen (secondary N) is 1. The van der Waals surface area contributed by atoms with Crippen molar-refractivity contribution < 1.29 is 9.18 Å². The summed E-state index contributed by atoms with van der Waals surface area (Å²) in [4.78, 5) is 14.2. The third kappa shape index (κ3) is 3.28. The third-order valence-corrected chi connectivity index (χ3v) is 4.19. The van der Waals surface area contributed by atoms with Crippen molar-refractivity contribution in [1.29, 1.82) is 0 Å². The van der Waals surface area contributed by atoms with Gasteiger partial charge in [-0.05, 0) is 57.9 Å². The number of nitrogen functional groups attached to an aromatic ring is 1. The van der Waals surface area contributed by atoms with E-state index in [1.165, 1.54) is 31.0 Å². The molecular formula is C15H22FN3O. The van der Waals surface area contributed by atoms with Crippen molar-refractivity contribution in [2.45, 2.75) is 38.8 Å². The molecule has 1 saturated carbocycles. The second kappa shape index (κ2) is 5.79. The molecule has 1 aliphatic rings. The zero-order chi connectivity index (χ0) is 14.9. The van der Waals surface area contributed by atoms with Gasteiger partial charge in [-0.15, -0.1) is 0 Å². The molecule has 20 heavy (non-hydrogen) atoms. The molecule has 0 radical (unpaired) electrons. The summed E-state index contributed by atoms with van der Waals surface area (Å²) in [6, 6.07) is 4.21. The van der Waals surface area contributed by atoms with Gasteiger partial charge in [-0.3, -0.25) is 9.69 Å². The molecule has 2 atom stereocenters. The van der Waals surface area contributed by atoms with Crippen LogP contribution in [0.5, 0.6) is 0 Å². The quantitative estimate of drug-likeness (QED) is 0.814. The van der Waals surface area contributed by atoms with E-state index in [1.54, 1.807) is 0 Å². The van der Waals surface area contributed by atoms with Gasteiger partial charge in [-0.2, -0.15) is 0 Å². The molecule has 1 aromatic rings. The Labute approximate surface area is 119 Å². The maximum absolute atomic E-state index is 13.6. The summed E-state index contributed by atoms with van der Waals surface area (Å²) in [6.45, 7) is 3.96. The molecule has 1 amide bonds. The number of likely N-dealkylation sites (N-methyl/N-ethyl adjacent to an activating group) is 1. The minimum atomic E-state index is -0.474. The van der Waals surface area contributed by atoms with Gasteiger partial charge in [0.25, 0.3) is 0 Å². The van der Waals surface area contributed by atoms with Gasteiger partial charge >= 0.3 is 0 Å². The number of amides is 1. The number of hydrogen-bond donors (Lipinski definition) is 2. The van der Waals surface area contributed by atoms with Crippen LogP contribution < -0.4 is 11.1 Å². The van der Waals surface area contributed by atoms with E-state index in [-0.39, 0.29) is 17.6 Å². The van der Waals surface area contributed by atoms with Crippen LogP contribution >= 0.6 is 0 Å². The molecule has 2 unspecified atom stereocenters. The molecule has 0 heterocycles. The first-order valence-electron chi connectivity index (χ1n) is 6.98. The predicted octanol–water partition coefficient (Wildman–Crippen LogP) is 2.47. The van der Waals surface area contributed by atoms with E-state index in [0.29, 0.717) is 17.6 Å². The summed E-state index contributed by atoms with van der Waals surface area (Å²) >= 11 is 0. The Bertz CT molecular complexity index is 502. The van der Waals surface area contributed by atoms with Crippen LogP contribution in [-0.2, 0) is 4.79 Å². The van der Waals surface area contributed by atoms with Gasteiger partial charge < -0.3 is 11.1 Å². The monoisotopic (exact) mass is 279 g/mol. The molecule has 5 heteroatoms. The van der Waals surface area contributed by atoms with Crippen LogP contribution in [0, 0.1) is 11.7 Å². The highest BCUT2D eigenvalue weighted by Gasteiger charge is 2.33. The van der Waals surface area contributed by atoms with Gasteiger partial charge in [0.2, 0.25) is 5.91 Å². The molecule has 0 aromatic heterocycles. The van der Waals surface area contributed by atoms with Gasteiger partial charge in [0.05, 0.1) is 11.7 Å². The van der Waals surface area contributed by atoms with Crippen molar-refractivity contribution in [3.05, 3.63) is 24.0 Å². The number of halogens is 1. The van der Waals surface area contributed by atoms with Crippen LogP contribution in [0.4, 0.5) is 15.8 Å². The maximum Gasteiger partial charge on any atom is 0.241 e. The first kappa shape index (κ1) is 14.8. The highest BCUT2D eigenvalue weighted by Crippen LogP contribution is 2.35. The predicted molar refractivity (Wildman–Crippen MR) is 78.9 cm³/mol. The van der Waals surface area contributed by atoms with E-state index in [9.17, 15) is 9.18 Å². The Morgan fingerprint density at radius 1 is 1.45 bits per heavy atom. The number of carbonyl (C=O) groups excluding carboxylic acids is 1. The highest BCUT2D eigenvalue weighted by atomic mass is 19.1. The lowest BCUT2D eigenvalue weighted by atomic mass is 10.1. The molecule has 3 N–H and O–H groups in total. The molecule has 0 aliphatic heterocycles. The highest BCUT2D eigenvalue weighted by molar-refractivity contribution is 5.95. The van der Waals surface area contributed by atoms with Crippen molar-refractivity contribution in [2.24, 2.45) is 5.92 Å². The largest absolute Gasteiger partial charge is 0.399 e. The normalized spacial score (nSPS) is 17.9. The number of anilines is 2. The van der Waals surface area contributed by atoms with Crippen LogP contribution in [0.25, 0.3) is 0 Å². The van der Waals surface area contributed by atoms with Crippen LogP contribution in [0.3, 0.4) is 0 Å². The Hall–Kier alpha value is -1.62. The van der Waals surface area contributed by atoms with E-state index in [0.717, 1.165) is 0 Å². The molecule has 1 aromatic carbocycles. The summed E-state index contributed by atoms with van der Waals surface area (Å²) in [6.07, 6.45) is 2.45. The average molecular weight is 279 g/mol. The topological polar surface area (TPSA) is 58.4 Å². The minimum Gasteiger partial charge on any atom is -0.399 e. The van der Waals surface area contributed by atoms with Gasteiger partial charge in [0.15, 0.2) is 0 Å². The zero-order valence-corrected chi connectivity index (χ0v) is 12.2. The molecule has 0 saturated heterocycles. The van der Waals surface area contributed by atoms with E-state index in [4.69, 9.17) is 5.73 Å². The number of carbonyl (C=O) groups is 1. The standard InChI is InChI=1S/C15H22FN3O/c1-9(11-4-5-11)19(3)10(2)15(20)18-14-8-12(17)6-7-13(14)16/h6-11H,4-5,17H2,1-3H3,(H,18,20). The summed E-state index contributed by atoms with van der Waals surface area (Å²) in [5.74, 6) is -0.0125. The SMILES string of the molecule is CC(C(=O)Nc1cc(N)ccc1F)N(C)C(C)C1CC1. The third-order valence-electron chi connectivity index (χ3n) is 4.19. The first-order chi connectivity index (χ1) is 9.40. The lowest BCUT2D eigenvalue weighted by Crippen LogP contribution is -2.45. The number of rotatable bonds is 5. The fourth-order valence-corrected chi connectivity index (χ4v) is 2.32. The van der Waals surface area contributed by atoms with Crippen molar-refractivity contribution in [3.63, 3.8) is 0 Å². The summed E-state index contributed by atoms with van der Waals surface area (Å²) < 4.78 is 13.6. The summed E-state index contributed by atoms with van der Waals surface area (Å²) in [7, 11) is 1.93. The lowest BCUT2D eigenvalue weighted by molar-refractivity contribution is -0.121. The molecule has 0 bridgehead atoms. The molecule has 2 rings (SSSR count). The number of benzene rings is 1. The second-order valence-electron chi connectivity index (χ2n) is 5.65.